The molecule has 1 heterocycles. The van der Waals surface area contributed by atoms with Gasteiger partial charge >= 0.3 is 0 Å². The van der Waals surface area contributed by atoms with Crippen LogP contribution in [0.4, 0.5) is 5.69 Å². The number of amides is 1. The molecule has 3 nitrogen and oxygen atoms in total. The highest BCUT2D eigenvalue weighted by molar-refractivity contribution is 6.29. The summed E-state index contributed by atoms with van der Waals surface area (Å²) in [4.78, 5) is 29.6. The van der Waals surface area contributed by atoms with Gasteiger partial charge in [0.05, 0.1) is 5.70 Å². The topological polar surface area (TPSA) is 37.4 Å². The first-order chi connectivity index (χ1) is 14.1. The third-order valence-electron chi connectivity index (χ3n) is 5.70. The van der Waals surface area contributed by atoms with Crippen molar-refractivity contribution in [2.24, 2.45) is 5.41 Å². The number of ketones is 1. The van der Waals surface area contributed by atoms with Crippen LogP contribution >= 0.6 is 0 Å². The van der Waals surface area contributed by atoms with E-state index in [1.54, 1.807) is 11.0 Å². The normalized spacial score (nSPS) is 19.6. The average Bonchev–Trinajstić information content (AvgIpc) is 2.76. The molecule has 0 aromatic heterocycles. The van der Waals surface area contributed by atoms with Gasteiger partial charge in [-0.25, -0.2) is 0 Å². The SMILES string of the molecule is C=CCC1(CCCC)C(=O)C(CC)=C(c2ccccc2)N(c2ccccc2)C1=O. The Morgan fingerprint density at radius 1 is 0.966 bits per heavy atom. The van der Waals surface area contributed by atoms with Crippen molar-refractivity contribution >= 4 is 23.1 Å². The second-order valence-corrected chi connectivity index (χ2v) is 7.53. The van der Waals surface area contributed by atoms with Crippen molar-refractivity contribution in [2.75, 3.05) is 4.90 Å². The molecule has 3 rings (SSSR count). The molecule has 0 spiro atoms. The zero-order valence-corrected chi connectivity index (χ0v) is 17.4. The lowest BCUT2D eigenvalue weighted by Gasteiger charge is -2.42. The summed E-state index contributed by atoms with van der Waals surface area (Å²) in [5.41, 5.74) is 2.04. The highest BCUT2D eigenvalue weighted by atomic mass is 16.2. The Morgan fingerprint density at radius 3 is 2.14 bits per heavy atom. The summed E-state index contributed by atoms with van der Waals surface area (Å²) < 4.78 is 0. The third-order valence-corrected chi connectivity index (χ3v) is 5.70. The van der Waals surface area contributed by atoms with Crippen molar-refractivity contribution in [3.8, 4) is 0 Å². The predicted molar refractivity (Wildman–Crippen MR) is 119 cm³/mol. The van der Waals surface area contributed by atoms with E-state index in [4.69, 9.17) is 0 Å². The molecule has 29 heavy (non-hydrogen) atoms. The molecular weight excluding hydrogens is 358 g/mol. The van der Waals surface area contributed by atoms with E-state index in [1.165, 1.54) is 0 Å². The summed E-state index contributed by atoms with van der Waals surface area (Å²) in [6.45, 7) is 7.94. The highest BCUT2D eigenvalue weighted by Gasteiger charge is 2.52. The van der Waals surface area contributed by atoms with Crippen molar-refractivity contribution in [1.29, 1.82) is 0 Å². The molecule has 1 atom stereocenters. The first kappa shape index (κ1) is 20.8. The van der Waals surface area contributed by atoms with Crippen molar-refractivity contribution < 1.29 is 9.59 Å². The van der Waals surface area contributed by atoms with Gasteiger partial charge in [-0.2, -0.15) is 0 Å². The molecule has 150 valence electrons. The molecule has 1 amide bonds. The van der Waals surface area contributed by atoms with Gasteiger partial charge in [-0.3, -0.25) is 14.5 Å². The van der Waals surface area contributed by atoms with Crippen LogP contribution in [0.2, 0.25) is 0 Å². The number of carbonyl (C=O) groups is 2. The van der Waals surface area contributed by atoms with E-state index < -0.39 is 5.41 Å². The Bertz CT molecular complexity index is 914. The Morgan fingerprint density at radius 2 is 1.59 bits per heavy atom. The van der Waals surface area contributed by atoms with Crippen LogP contribution in [-0.4, -0.2) is 11.7 Å². The number of allylic oxidation sites excluding steroid dienone is 2. The summed E-state index contributed by atoms with van der Waals surface area (Å²) in [5, 5.41) is 0. The molecule has 0 radical (unpaired) electrons. The van der Waals surface area contributed by atoms with Gasteiger partial charge in [-0.05, 0) is 37.0 Å². The van der Waals surface area contributed by atoms with Gasteiger partial charge in [-0.15, -0.1) is 6.58 Å². The largest absolute Gasteiger partial charge is 0.293 e. The molecule has 1 aliphatic heterocycles. The summed E-state index contributed by atoms with van der Waals surface area (Å²) in [5.74, 6) is -0.178. The van der Waals surface area contributed by atoms with Gasteiger partial charge in [0, 0.05) is 11.3 Å². The molecule has 3 heteroatoms. The van der Waals surface area contributed by atoms with Gasteiger partial charge in [-0.1, -0.05) is 81.3 Å². The van der Waals surface area contributed by atoms with Crippen molar-refractivity contribution in [3.63, 3.8) is 0 Å². The van der Waals surface area contributed by atoms with Gasteiger partial charge in [0.2, 0.25) is 5.91 Å². The molecule has 0 saturated heterocycles. The predicted octanol–water partition coefficient (Wildman–Crippen LogP) is 6.18. The van der Waals surface area contributed by atoms with E-state index in [0.29, 0.717) is 25.0 Å². The third kappa shape index (κ3) is 3.69. The van der Waals surface area contributed by atoms with Crippen molar-refractivity contribution in [1.82, 2.24) is 0 Å². The minimum atomic E-state index is -1.07. The molecule has 2 aromatic carbocycles. The number of para-hydroxylation sites is 1. The van der Waals surface area contributed by atoms with Crippen LogP contribution < -0.4 is 4.90 Å². The van der Waals surface area contributed by atoms with Crippen molar-refractivity contribution in [3.05, 3.63) is 84.5 Å². The quantitative estimate of drug-likeness (QED) is 0.401. The number of nitrogens with zero attached hydrogens (tertiary/aromatic N) is 1. The Kier molecular flexibility index (Phi) is 6.48. The Labute approximate surface area is 173 Å². The maximum atomic E-state index is 14.0. The van der Waals surface area contributed by atoms with Gasteiger partial charge in [0.15, 0.2) is 5.78 Å². The van der Waals surface area contributed by atoms with Crippen LogP contribution in [0, 0.1) is 5.41 Å². The minimum Gasteiger partial charge on any atom is -0.293 e. The molecule has 1 aliphatic rings. The van der Waals surface area contributed by atoms with Gasteiger partial charge in [0.1, 0.15) is 5.41 Å². The monoisotopic (exact) mass is 387 g/mol. The van der Waals surface area contributed by atoms with Crippen LogP contribution in [0.5, 0.6) is 0 Å². The van der Waals surface area contributed by atoms with E-state index in [-0.39, 0.29) is 11.7 Å². The number of hydrogen-bond donors (Lipinski definition) is 0. The minimum absolute atomic E-state index is 0.0376. The molecule has 1 unspecified atom stereocenters. The van der Waals surface area contributed by atoms with E-state index in [9.17, 15) is 9.59 Å². The van der Waals surface area contributed by atoms with Gasteiger partial charge < -0.3 is 0 Å². The number of rotatable bonds is 8. The molecule has 0 N–H and O–H groups in total. The number of Topliss-reactive ketones (excluding diaryl/α,β-unsaturated/α-hetero) is 1. The van der Waals surface area contributed by atoms with E-state index in [2.05, 4.69) is 13.5 Å². The number of carbonyl (C=O) groups excluding carboxylic acids is 2. The summed E-state index contributed by atoms with van der Waals surface area (Å²) in [6.07, 6.45) is 4.95. The molecule has 0 bridgehead atoms. The number of hydrogen-bond acceptors (Lipinski definition) is 2. The summed E-state index contributed by atoms with van der Waals surface area (Å²) in [7, 11) is 0. The number of unbranched alkanes of at least 4 members (excludes halogenated alkanes) is 1. The second-order valence-electron chi connectivity index (χ2n) is 7.53. The maximum Gasteiger partial charge on any atom is 0.245 e. The second kappa shape index (κ2) is 9.04. The average molecular weight is 388 g/mol. The number of anilines is 1. The van der Waals surface area contributed by atoms with Crippen LogP contribution in [0.3, 0.4) is 0 Å². The first-order valence-electron chi connectivity index (χ1n) is 10.4. The fourth-order valence-electron chi connectivity index (χ4n) is 4.22. The standard InChI is InChI=1S/C26H29NO2/c1-4-7-19-26(18-5-2)24(28)22(6-3)23(20-14-10-8-11-15-20)27(25(26)29)21-16-12-9-13-17-21/h5,8-17H,2,4,6-7,18-19H2,1,3H3. The lowest BCUT2D eigenvalue weighted by Crippen LogP contribution is -2.53. The van der Waals surface area contributed by atoms with Crippen LogP contribution in [0.1, 0.15) is 51.5 Å². The number of benzene rings is 2. The molecule has 0 fully saturated rings. The fourth-order valence-corrected chi connectivity index (χ4v) is 4.22. The Balaban J connectivity index is 2.31. The zero-order valence-electron chi connectivity index (χ0n) is 17.4. The Hall–Kier alpha value is -2.94. The summed E-state index contributed by atoms with van der Waals surface area (Å²) in [6, 6.07) is 19.4. The van der Waals surface area contributed by atoms with E-state index in [0.717, 1.165) is 29.7 Å². The van der Waals surface area contributed by atoms with Crippen LogP contribution in [0.25, 0.3) is 5.70 Å². The first-order valence-corrected chi connectivity index (χ1v) is 10.4. The highest BCUT2D eigenvalue weighted by Crippen LogP contribution is 2.46. The summed E-state index contributed by atoms with van der Waals surface area (Å²) >= 11 is 0. The van der Waals surface area contributed by atoms with E-state index >= 15 is 0 Å². The molecule has 2 aromatic rings. The van der Waals surface area contributed by atoms with Gasteiger partial charge in [0.25, 0.3) is 0 Å². The molecule has 0 saturated carbocycles. The smallest absolute Gasteiger partial charge is 0.245 e. The zero-order chi connectivity index (χ0) is 20.9. The van der Waals surface area contributed by atoms with Crippen LogP contribution in [-0.2, 0) is 9.59 Å². The van der Waals surface area contributed by atoms with E-state index in [1.807, 2.05) is 67.6 Å². The van der Waals surface area contributed by atoms with Crippen LogP contribution in [0.15, 0.2) is 78.9 Å². The van der Waals surface area contributed by atoms with Crippen molar-refractivity contribution in [2.45, 2.75) is 46.0 Å². The fraction of sp³-hybridized carbons (Fsp3) is 0.308. The maximum absolute atomic E-state index is 14.0. The lowest BCUT2D eigenvalue weighted by molar-refractivity contribution is -0.139. The molecular formula is C26H29NO2. The molecule has 0 aliphatic carbocycles. The lowest BCUT2D eigenvalue weighted by atomic mass is 9.68.